The fraction of sp³-hybridized carbons (Fsp3) is 0.0741. The van der Waals surface area contributed by atoms with Crippen molar-refractivity contribution in [3.8, 4) is 11.3 Å². The lowest BCUT2D eigenvalue weighted by molar-refractivity contribution is 0.102. The predicted octanol–water partition coefficient (Wildman–Crippen LogP) is 7.18. The Balaban J connectivity index is 1.50. The van der Waals surface area contributed by atoms with Crippen LogP contribution < -0.4 is 5.32 Å². The van der Waals surface area contributed by atoms with Gasteiger partial charge in [-0.2, -0.15) is 5.10 Å². The van der Waals surface area contributed by atoms with E-state index < -0.39 is 0 Å². The van der Waals surface area contributed by atoms with E-state index in [-0.39, 0.29) is 5.91 Å². The molecule has 0 saturated carbocycles. The topological polar surface area (TPSA) is 59.8 Å². The van der Waals surface area contributed by atoms with Crippen molar-refractivity contribution in [2.24, 2.45) is 0 Å². The number of amides is 1. The molecule has 34 heavy (non-hydrogen) atoms. The first-order valence-electron chi connectivity index (χ1n) is 10.9. The molecule has 0 unspecified atom stereocenters. The van der Waals surface area contributed by atoms with Gasteiger partial charge in [-0.3, -0.25) is 9.48 Å². The third-order valence-corrected chi connectivity index (χ3v) is 6.73. The maximum atomic E-state index is 13.5. The number of rotatable bonds is 6. The number of carbonyl (C=O) groups excluding carboxylic acids is 1. The average Bonchev–Trinajstić information content (AvgIpc) is 3.35. The third kappa shape index (κ3) is 4.69. The number of fused-ring (bicyclic) bond motifs is 1. The summed E-state index contributed by atoms with van der Waals surface area (Å²) in [5.74, 6) is -0.188. The smallest absolute Gasteiger partial charge is 0.256 e. The first-order valence-corrected chi connectivity index (χ1v) is 12.1. The van der Waals surface area contributed by atoms with Crippen LogP contribution in [0.25, 0.3) is 22.2 Å². The van der Waals surface area contributed by atoms with Crippen molar-refractivity contribution in [2.75, 3.05) is 5.32 Å². The summed E-state index contributed by atoms with van der Waals surface area (Å²) in [4.78, 5) is 20.3. The van der Waals surface area contributed by atoms with E-state index >= 15 is 0 Å². The number of nitrogens with zero attached hydrogens (tertiary/aromatic N) is 3. The van der Waals surface area contributed by atoms with Gasteiger partial charge >= 0.3 is 0 Å². The van der Waals surface area contributed by atoms with Gasteiger partial charge in [0, 0.05) is 38.5 Å². The predicted molar refractivity (Wildman–Crippen MR) is 139 cm³/mol. The second-order valence-corrected chi connectivity index (χ2v) is 9.21. The molecule has 0 atom stereocenters. The van der Waals surface area contributed by atoms with Crippen LogP contribution in [0.15, 0.2) is 101 Å². The molecule has 0 aliphatic heterocycles. The number of anilines is 1. The Bertz CT molecular complexity index is 1480. The molecular weight excluding hydrogens is 464 g/mol. The maximum absolute atomic E-state index is 13.5. The van der Waals surface area contributed by atoms with Crippen LogP contribution in [-0.2, 0) is 6.54 Å². The van der Waals surface area contributed by atoms with E-state index in [0.29, 0.717) is 16.3 Å². The van der Waals surface area contributed by atoms with Gasteiger partial charge in [0.15, 0.2) is 0 Å². The van der Waals surface area contributed by atoms with Crippen molar-refractivity contribution in [2.45, 2.75) is 23.3 Å². The summed E-state index contributed by atoms with van der Waals surface area (Å²) in [6, 6.07) is 24.9. The summed E-state index contributed by atoms with van der Waals surface area (Å²) in [6.07, 6.45) is 3.72. The molecule has 0 aliphatic rings. The van der Waals surface area contributed by atoms with Crippen LogP contribution in [-0.4, -0.2) is 20.7 Å². The highest BCUT2D eigenvalue weighted by molar-refractivity contribution is 7.99. The van der Waals surface area contributed by atoms with Crippen molar-refractivity contribution in [1.29, 1.82) is 0 Å². The van der Waals surface area contributed by atoms with E-state index in [1.165, 1.54) is 0 Å². The van der Waals surface area contributed by atoms with E-state index in [1.807, 2.05) is 96.7 Å². The minimum absolute atomic E-state index is 0.188. The number of carbonyl (C=O) groups is 1. The number of hydrogen-bond donors (Lipinski definition) is 1. The molecule has 5 rings (SSSR count). The SMILES string of the molecule is CCn1cc(-c2cc(C(=O)Nc3ccccc3Sc3ccc(Cl)cc3)c3ccccc3n2)cn1. The fourth-order valence-corrected chi connectivity index (χ4v) is 4.69. The van der Waals surface area contributed by atoms with Crippen molar-refractivity contribution in [3.05, 3.63) is 102 Å². The molecule has 5 aromatic rings. The summed E-state index contributed by atoms with van der Waals surface area (Å²) >= 11 is 7.59. The number of para-hydroxylation sites is 2. The maximum Gasteiger partial charge on any atom is 0.256 e. The zero-order chi connectivity index (χ0) is 23.5. The molecule has 5 nitrogen and oxygen atoms in total. The lowest BCUT2D eigenvalue weighted by Crippen LogP contribution is -2.13. The Morgan fingerprint density at radius 3 is 2.59 bits per heavy atom. The van der Waals surface area contributed by atoms with Crippen molar-refractivity contribution in [1.82, 2.24) is 14.8 Å². The highest BCUT2D eigenvalue weighted by Gasteiger charge is 2.16. The molecule has 0 aliphatic carbocycles. The second kappa shape index (κ2) is 9.71. The fourth-order valence-electron chi connectivity index (χ4n) is 3.66. The average molecular weight is 485 g/mol. The third-order valence-electron chi connectivity index (χ3n) is 5.39. The van der Waals surface area contributed by atoms with Gasteiger partial charge in [-0.05, 0) is 55.5 Å². The van der Waals surface area contributed by atoms with Gasteiger partial charge in [-0.25, -0.2) is 4.98 Å². The zero-order valence-electron chi connectivity index (χ0n) is 18.4. The van der Waals surface area contributed by atoms with E-state index in [4.69, 9.17) is 16.6 Å². The lowest BCUT2D eigenvalue weighted by atomic mass is 10.0. The number of aromatic nitrogens is 3. The van der Waals surface area contributed by atoms with Crippen LogP contribution >= 0.6 is 23.4 Å². The van der Waals surface area contributed by atoms with Crippen LogP contribution in [0.2, 0.25) is 5.02 Å². The van der Waals surface area contributed by atoms with Crippen LogP contribution in [0.5, 0.6) is 0 Å². The van der Waals surface area contributed by atoms with Gasteiger partial charge in [0.25, 0.3) is 5.91 Å². The Morgan fingerprint density at radius 1 is 1.03 bits per heavy atom. The van der Waals surface area contributed by atoms with Gasteiger partial charge in [-0.15, -0.1) is 0 Å². The molecule has 0 fully saturated rings. The van der Waals surface area contributed by atoms with Crippen LogP contribution in [0.4, 0.5) is 5.69 Å². The van der Waals surface area contributed by atoms with Gasteiger partial charge in [0.2, 0.25) is 0 Å². The molecule has 1 amide bonds. The molecule has 1 N–H and O–H groups in total. The minimum Gasteiger partial charge on any atom is -0.321 e. The van der Waals surface area contributed by atoms with E-state index in [9.17, 15) is 4.79 Å². The van der Waals surface area contributed by atoms with Crippen molar-refractivity contribution in [3.63, 3.8) is 0 Å². The second-order valence-electron chi connectivity index (χ2n) is 7.66. The molecular formula is C27H21ClN4OS. The Hall–Kier alpha value is -3.61. The minimum atomic E-state index is -0.188. The number of aryl methyl sites for hydroxylation is 1. The molecule has 0 radical (unpaired) electrons. The Morgan fingerprint density at radius 2 is 1.79 bits per heavy atom. The van der Waals surface area contributed by atoms with Gasteiger partial charge < -0.3 is 5.32 Å². The highest BCUT2D eigenvalue weighted by Crippen LogP contribution is 2.34. The van der Waals surface area contributed by atoms with E-state index in [2.05, 4.69) is 10.4 Å². The number of halogens is 1. The van der Waals surface area contributed by atoms with Crippen LogP contribution in [0.3, 0.4) is 0 Å². The lowest BCUT2D eigenvalue weighted by Gasteiger charge is -2.13. The highest BCUT2D eigenvalue weighted by atomic mass is 35.5. The van der Waals surface area contributed by atoms with Crippen LogP contribution in [0.1, 0.15) is 17.3 Å². The standard InChI is InChI=1S/C27H21ClN4OS/c1-2-32-17-18(16-29-32)25-15-22(21-7-3-4-8-23(21)30-25)27(33)31-24-9-5-6-10-26(24)34-20-13-11-19(28)12-14-20/h3-17H,2H2,1H3,(H,31,33). The molecule has 0 spiro atoms. The largest absolute Gasteiger partial charge is 0.321 e. The zero-order valence-corrected chi connectivity index (χ0v) is 20.0. The molecule has 0 saturated heterocycles. The monoisotopic (exact) mass is 484 g/mol. The molecule has 168 valence electrons. The van der Waals surface area contributed by atoms with Gasteiger partial charge in [0.1, 0.15) is 0 Å². The summed E-state index contributed by atoms with van der Waals surface area (Å²) < 4.78 is 1.84. The summed E-state index contributed by atoms with van der Waals surface area (Å²) in [5.41, 5.74) is 3.66. The van der Waals surface area contributed by atoms with E-state index in [0.717, 1.165) is 38.5 Å². The number of nitrogens with one attached hydrogen (secondary N) is 1. The van der Waals surface area contributed by atoms with Crippen molar-refractivity contribution >= 4 is 45.9 Å². The summed E-state index contributed by atoms with van der Waals surface area (Å²) in [7, 11) is 0. The Kier molecular flexibility index (Phi) is 6.34. The molecule has 0 bridgehead atoms. The van der Waals surface area contributed by atoms with E-state index in [1.54, 1.807) is 18.0 Å². The summed E-state index contributed by atoms with van der Waals surface area (Å²) in [6.45, 7) is 2.80. The normalized spacial score (nSPS) is 11.0. The van der Waals surface area contributed by atoms with Gasteiger partial charge in [-0.1, -0.05) is 53.7 Å². The quantitative estimate of drug-likeness (QED) is 0.277. The van der Waals surface area contributed by atoms with Crippen molar-refractivity contribution < 1.29 is 4.79 Å². The molecule has 2 heterocycles. The Labute approximate surface area is 206 Å². The number of pyridine rings is 1. The molecule has 7 heteroatoms. The molecule has 2 aromatic heterocycles. The number of benzene rings is 3. The summed E-state index contributed by atoms with van der Waals surface area (Å²) in [5, 5.41) is 8.96. The first-order chi connectivity index (χ1) is 16.6. The van der Waals surface area contributed by atoms with Gasteiger partial charge in [0.05, 0.1) is 28.7 Å². The number of hydrogen-bond acceptors (Lipinski definition) is 4. The van der Waals surface area contributed by atoms with Crippen LogP contribution in [0, 0.1) is 0 Å². The molecule has 3 aromatic carbocycles. The first kappa shape index (κ1) is 22.2.